The summed E-state index contributed by atoms with van der Waals surface area (Å²) >= 11 is 0. The van der Waals surface area contributed by atoms with Gasteiger partial charge in [-0.1, -0.05) is 12.1 Å². The molecule has 2 aliphatic heterocycles. The predicted molar refractivity (Wildman–Crippen MR) is 134 cm³/mol. The van der Waals surface area contributed by atoms with Crippen molar-refractivity contribution in [2.75, 3.05) is 46.9 Å². The second kappa shape index (κ2) is 12.0. The van der Waals surface area contributed by atoms with Crippen LogP contribution in [0.4, 0.5) is 0 Å². The number of ether oxygens (including phenoxy) is 3. The Morgan fingerprint density at radius 2 is 1.50 bits per heavy atom. The molecular formula is C25H36Cl2N2O3. The van der Waals surface area contributed by atoms with Crippen molar-refractivity contribution in [1.29, 1.82) is 0 Å². The van der Waals surface area contributed by atoms with Gasteiger partial charge in [-0.05, 0) is 74.7 Å². The first-order valence-electron chi connectivity index (χ1n) is 11.0. The van der Waals surface area contributed by atoms with Gasteiger partial charge in [-0.3, -0.25) is 9.80 Å². The van der Waals surface area contributed by atoms with Crippen LogP contribution in [0.3, 0.4) is 0 Å². The third kappa shape index (κ3) is 6.22. The molecule has 2 fully saturated rings. The summed E-state index contributed by atoms with van der Waals surface area (Å²) in [5, 5.41) is 0. The zero-order valence-electron chi connectivity index (χ0n) is 19.4. The van der Waals surface area contributed by atoms with E-state index in [1.165, 1.54) is 5.56 Å². The van der Waals surface area contributed by atoms with E-state index in [0.29, 0.717) is 18.6 Å². The molecular weight excluding hydrogens is 447 g/mol. The molecule has 0 bridgehead atoms. The summed E-state index contributed by atoms with van der Waals surface area (Å²) in [5.74, 6) is 4.12. The minimum absolute atomic E-state index is 0. The Morgan fingerprint density at radius 3 is 2.12 bits per heavy atom. The Balaban J connectivity index is 0.00000181. The van der Waals surface area contributed by atoms with Gasteiger partial charge >= 0.3 is 0 Å². The molecule has 0 amide bonds. The molecule has 0 N–H and O–H groups in total. The number of methoxy groups -OCH3 is 1. The molecule has 2 saturated heterocycles. The van der Waals surface area contributed by atoms with Crippen molar-refractivity contribution in [3.63, 3.8) is 0 Å². The van der Waals surface area contributed by atoms with Crippen LogP contribution in [0, 0.1) is 11.8 Å². The van der Waals surface area contributed by atoms with Gasteiger partial charge in [-0.15, -0.1) is 24.8 Å². The van der Waals surface area contributed by atoms with E-state index in [0.717, 1.165) is 49.3 Å². The van der Waals surface area contributed by atoms with E-state index >= 15 is 0 Å². The van der Waals surface area contributed by atoms with Gasteiger partial charge in [0.15, 0.2) is 0 Å². The first kappa shape index (κ1) is 26.6. The van der Waals surface area contributed by atoms with Crippen molar-refractivity contribution in [2.45, 2.75) is 26.0 Å². The van der Waals surface area contributed by atoms with Crippen LogP contribution in [0.15, 0.2) is 48.5 Å². The fourth-order valence-electron chi connectivity index (χ4n) is 5.01. The van der Waals surface area contributed by atoms with Crippen LogP contribution in [0.2, 0.25) is 0 Å². The zero-order chi connectivity index (χ0) is 21.1. The Morgan fingerprint density at radius 1 is 0.875 bits per heavy atom. The molecule has 32 heavy (non-hydrogen) atoms. The Labute approximate surface area is 204 Å². The van der Waals surface area contributed by atoms with Crippen LogP contribution >= 0.6 is 24.8 Å². The summed E-state index contributed by atoms with van der Waals surface area (Å²) < 4.78 is 17.0. The van der Waals surface area contributed by atoms with Crippen molar-refractivity contribution >= 4 is 24.8 Å². The van der Waals surface area contributed by atoms with E-state index in [1.54, 1.807) is 7.11 Å². The van der Waals surface area contributed by atoms with Gasteiger partial charge in [-0.25, -0.2) is 0 Å². The van der Waals surface area contributed by atoms with Gasteiger partial charge < -0.3 is 14.2 Å². The Kier molecular flexibility index (Phi) is 9.96. The van der Waals surface area contributed by atoms with Crippen molar-refractivity contribution < 1.29 is 14.2 Å². The van der Waals surface area contributed by atoms with Crippen molar-refractivity contribution in [3.8, 4) is 17.2 Å². The summed E-state index contributed by atoms with van der Waals surface area (Å²) in [6, 6.07) is 17.0. The van der Waals surface area contributed by atoms with Crippen LogP contribution in [-0.2, 0) is 0 Å². The molecule has 2 aromatic rings. The number of hydrogen-bond donors (Lipinski definition) is 0. The lowest BCUT2D eigenvalue weighted by Gasteiger charge is -2.27. The molecule has 0 spiro atoms. The lowest BCUT2D eigenvalue weighted by molar-refractivity contribution is 0.198. The SMILES string of the molecule is COc1ccc([C@@H]2[C@@H]3CN(CCOc4ccc(OC(C)C)cc4)C[C@@H]3CN2C)cc1.Cl.Cl. The minimum atomic E-state index is 0. The molecule has 2 aliphatic rings. The summed E-state index contributed by atoms with van der Waals surface area (Å²) in [6.07, 6.45) is 0.187. The summed E-state index contributed by atoms with van der Waals surface area (Å²) in [4.78, 5) is 5.08. The quantitative estimate of drug-likeness (QED) is 0.532. The highest BCUT2D eigenvalue weighted by Crippen LogP contribution is 2.44. The van der Waals surface area contributed by atoms with Gasteiger partial charge in [0.2, 0.25) is 0 Å². The smallest absolute Gasteiger partial charge is 0.119 e. The average Bonchev–Trinajstić information content (AvgIpc) is 3.25. The maximum Gasteiger partial charge on any atom is 0.119 e. The monoisotopic (exact) mass is 482 g/mol. The normalized spacial score (nSPS) is 22.7. The molecule has 3 atom stereocenters. The molecule has 0 aromatic heterocycles. The number of nitrogens with zero attached hydrogens (tertiary/aromatic N) is 2. The van der Waals surface area contributed by atoms with Crippen LogP contribution < -0.4 is 14.2 Å². The van der Waals surface area contributed by atoms with Crippen LogP contribution in [0.25, 0.3) is 0 Å². The Bertz CT molecular complexity index is 817. The average molecular weight is 483 g/mol. The topological polar surface area (TPSA) is 34.2 Å². The van der Waals surface area contributed by atoms with Crippen molar-refractivity contribution in [1.82, 2.24) is 9.80 Å². The fraction of sp³-hybridized carbons (Fsp3) is 0.520. The first-order valence-corrected chi connectivity index (χ1v) is 11.0. The molecule has 4 rings (SSSR count). The largest absolute Gasteiger partial charge is 0.497 e. The van der Waals surface area contributed by atoms with Gasteiger partial charge in [0, 0.05) is 32.2 Å². The van der Waals surface area contributed by atoms with Crippen molar-refractivity contribution in [2.24, 2.45) is 11.8 Å². The number of fused-ring (bicyclic) bond motifs is 1. The highest BCUT2D eigenvalue weighted by Gasteiger charge is 2.45. The second-order valence-corrected chi connectivity index (χ2v) is 8.83. The van der Waals surface area contributed by atoms with Gasteiger partial charge in [-0.2, -0.15) is 0 Å². The number of benzene rings is 2. The number of hydrogen-bond acceptors (Lipinski definition) is 5. The maximum absolute atomic E-state index is 5.99. The third-order valence-corrected chi connectivity index (χ3v) is 6.30. The molecule has 178 valence electrons. The van der Waals surface area contributed by atoms with E-state index in [-0.39, 0.29) is 30.9 Å². The predicted octanol–water partition coefficient (Wildman–Crippen LogP) is 4.94. The van der Waals surface area contributed by atoms with E-state index in [1.807, 2.05) is 38.1 Å². The number of halogens is 2. The summed E-state index contributed by atoms with van der Waals surface area (Å²) in [5.41, 5.74) is 1.40. The molecule has 0 unspecified atom stereocenters. The van der Waals surface area contributed by atoms with Gasteiger partial charge in [0.25, 0.3) is 0 Å². The molecule has 2 aromatic carbocycles. The highest BCUT2D eigenvalue weighted by molar-refractivity contribution is 5.85. The van der Waals surface area contributed by atoms with E-state index in [2.05, 4.69) is 41.1 Å². The molecule has 0 radical (unpaired) electrons. The lowest BCUT2D eigenvalue weighted by atomic mass is 9.89. The van der Waals surface area contributed by atoms with Crippen LogP contribution in [0.1, 0.15) is 25.5 Å². The number of rotatable bonds is 8. The number of likely N-dealkylation sites (tertiary alicyclic amines) is 2. The van der Waals surface area contributed by atoms with E-state index in [9.17, 15) is 0 Å². The second-order valence-electron chi connectivity index (χ2n) is 8.83. The summed E-state index contributed by atoms with van der Waals surface area (Å²) in [7, 11) is 3.98. The van der Waals surface area contributed by atoms with E-state index < -0.39 is 0 Å². The maximum atomic E-state index is 5.99. The van der Waals surface area contributed by atoms with Crippen LogP contribution in [0.5, 0.6) is 17.2 Å². The lowest BCUT2D eigenvalue weighted by Crippen LogP contribution is -2.31. The zero-order valence-corrected chi connectivity index (χ0v) is 21.0. The molecule has 5 nitrogen and oxygen atoms in total. The molecule has 0 saturated carbocycles. The van der Waals surface area contributed by atoms with E-state index in [4.69, 9.17) is 14.2 Å². The standard InChI is InChI=1S/C25H34N2O3.2ClH/c1-18(2)30-23-11-9-22(10-12-23)29-14-13-27-16-20-15-26(3)25(24(20)17-27)19-5-7-21(28-4)8-6-19;;/h5-12,18,20,24-25H,13-17H2,1-4H3;2*1H/t20-,24+,25+;;/m0../s1. The Hall–Kier alpha value is -1.66. The van der Waals surface area contributed by atoms with Crippen LogP contribution in [-0.4, -0.2) is 62.8 Å². The fourth-order valence-corrected chi connectivity index (χ4v) is 5.01. The molecule has 7 heteroatoms. The minimum Gasteiger partial charge on any atom is -0.497 e. The van der Waals surface area contributed by atoms with Gasteiger partial charge in [0.1, 0.15) is 23.9 Å². The molecule has 0 aliphatic carbocycles. The summed E-state index contributed by atoms with van der Waals surface area (Å²) in [6.45, 7) is 9.21. The highest BCUT2D eigenvalue weighted by atomic mass is 35.5. The first-order chi connectivity index (χ1) is 14.5. The molecule has 2 heterocycles. The van der Waals surface area contributed by atoms with Crippen molar-refractivity contribution in [3.05, 3.63) is 54.1 Å². The van der Waals surface area contributed by atoms with Gasteiger partial charge in [0.05, 0.1) is 13.2 Å². The third-order valence-electron chi connectivity index (χ3n) is 6.30.